The van der Waals surface area contributed by atoms with E-state index in [1.54, 1.807) is 0 Å². The first kappa shape index (κ1) is 21.6. The van der Waals surface area contributed by atoms with Crippen LogP contribution in [0.1, 0.15) is 0 Å². The minimum Gasteiger partial charge on any atom is -0.394 e. The predicted molar refractivity (Wildman–Crippen MR) is 70.1 cm³/mol. The van der Waals surface area contributed by atoms with Crippen molar-refractivity contribution in [2.24, 2.45) is 5.73 Å². The summed E-state index contributed by atoms with van der Waals surface area (Å²) in [6.45, 7) is -1.75. The van der Waals surface area contributed by atoms with Gasteiger partial charge in [-0.2, -0.15) is 0 Å². The van der Waals surface area contributed by atoms with Crippen LogP contribution in [0.15, 0.2) is 0 Å². The predicted octanol–water partition coefficient (Wildman–Crippen LogP) is -6.20. The molecule has 0 amide bonds. The standard InChI is InChI=1S/C6H13NO5.C5H12O5/c7-3-5(10)4(9)2(1-8)12-6(3)11;6-1-3(8)5(10)4(9)2-7/h2-6,8-11H,1,7H2;3-10H,1-2H2/t2-,3-,4-,5-,6-;3-,4+,5?/m1./s1. The van der Waals surface area contributed by atoms with Gasteiger partial charge < -0.3 is 56.4 Å². The van der Waals surface area contributed by atoms with Crippen LogP contribution in [-0.4, -0.2) is 115 Å². The second kappa shape index (κ2) is 10.4. The highest BCUT2D eigenvalue weighted by Gasteiger charge is 2.41. The Bertz CT molecular complexity index is 281. The molecule has 11 N–H and O–H groups in total. The maximum Gasteiger partial charge on any atom is 0.173 e. The molecule has 1 aliphatic rings. The monoisotopic (exact) mass is 331 g/mol. The Morgan fingerprint density at radius 3 is 1.68 bits per heavy atom. The van der Waals surface area contributed by atoms with Crippen LogP contribution >= 0.6 is 0 Å². The van der Waals surface area contributed by atoms with Crippen LogP contribution < -0.4 is 5.73 Å². The van der Waals surface area contributed by atoms with Crippen molar-refractivity contribution in [2.75, 3.05) is 19.8 Å². The first-order chi connectivity index (χ1) is 10.2. The third-order valence-electron chi connectivity index (χ3n) is 3.11. The molecule has 11 nitrogen and oxygen atoms in total. The van der Waals surface area contributed by atoms with Gasteiger partial charge in [0, 0.05) is 0 Å². The molecule has 0 aliphatic carbocycles. The average Bonchev–Trinajstić information content (AvgIpc) is 2.54. The van der Waals surface area contributed by atoms with E-state index < -0.39 is 68.8 Å². The number of hydrogen-bond donors (Lipinski definition) is 10. The summed E-state index contributed by atoms with van der Waals surface area (Å²) < 4.78 is 4.70. The third-order valence-corrected chi connectivity index (χ3v) is 3.11. The molecule has 0 aromatic heterocycles. The molecule has 1 fully saturated rings. The first-order valence-corrected chi connectivity index (χ1v) is 6.53. The molecular weight excluding hydrogens is 306 g/mol. The number of nitrogens with two attached hydrogens (primary N) is 1. The minimum absolute atomic E-state index is 0.470. The van der Waals surface area contributed by atoms with Crippen LogP contribution in [0.5, 0.6) is 0 Å². The fourth-order valence-corrected chi connectivity index (χ4v) is 1.59. The second-order valence-corrected chi connectivity index (χ2v) is 4.80. The van der Waals surface area contributed by atoms with Gasteiger partial charge in [0.15, 0.2) is 6.29 Å². The fraction of sp³-hybridized carbons (Fsp3) is 1.00. The molecule has 0 saturated carbocycles. The van der Waals surface area contributed by atoms with Crippen LogP contribution in [0.3, 0.4) is 0 Å². The van der Waals surface area contributed by atoms with Crippen LogP contribution in [0.25, 0.3) is 0 Å². The van der Waals surface area contributed by atoms with E-state index in [1.165, 1.54) is 0 Å². The summed E-state index contributed by atoms with van der Waals surface area (Å²) in [6, 6.07) is -1.04. The molecule has 8 atom stereocenters. The van der Waals surface area contributed by atoms with Gasteiger partial charge >= 0.3 is 0 Å². The molecule has 1 unspecified atom stereocenters. The van der Waals surface area contributed by atoms with Gasteiger partial charge in [-0.3, -0.25) is 0 Å². The van der Waals surface area contributed by atoms with E-state index in [9.17, 15) is 10.2 Å². The van der Waals surface area contributed by atoms with E-state index in [1.807, 2.05) is 0 Å². The Morgan fingerprint density at radius 2 is 1.32 bits per heavy atom. The van der Waals surface area contributed by atoms with Crippen molar-refractivity contribution in [3.63, 3.8) is 0 Å². The van der Waals surface area contributed by atoms with Gasteiger partial charge in [0.2, 0.25) is 0 Å². The van der Waals surface area contributed by atoms with Crippen molar-refractivity contribution < 1.29 is 50.7 Å². The highest BCUT2D eigenvalue weighted by Crippen LogP contribution is 2.17. The zero-order valence-electron chi connectivity index (χ0n) is 11.8. The summed E-state index contributed by atoms with van der Waals surface area (Å²) in [5.74, 6) is 0. The second-order valence-electron chi connectivity index (χ2n) is 4.80. The molecule has 11 heteroatoms. The van der Waals surface area contributed by atoms with Gasteiger partial charge in [0.25, 0.3) is 0 Å². The average molecular weight is 331 g/mol. The lowest BCUT2D eigenvalue weighted by atomic mass is 9.98. The molecule has 1 heterocycles. The number of aliphatic hydroxyl groups excluding tert-OH is 9. The molecule has 0 radical (unpaired) electrons. The first-order valence-electron chi connectivity index (χ1n) is 6.53. The van der Waals surface area contributed by atoms with Crippen LogP contribution in [0, 0.1) is 0 Å². The molecule has 1 rings (SSSR count). The summed E-state index contributed by atoms with van der Waals surface area (Å²) in [6.07, 6.45) is -9.14. The lowest BCUT2D eigenvalue weighted by Gasteiger charge is -2.38. The largest absolute Gasteiger partial charge is 0.394 e. The summed E-state index contributed by atoms with van der Waals surface area (Å²) in [7, 11) is 0. The molecule has 0 bridgehead atoms. The Kier molecular flexibility index (Phi) is 10.1. The Balaban J connectivity index is 0.000000409. The Morgan fingerprint density at radius 1 is 0.864 bits per heavy atom. The van der Waals surface area contributed by atoms with E-state index in [-0.39, 0.29) is 0 Å². The summed E-state index contributed by atoms with van der Waals surface area (Å²) in [5.41, 5.74) is 5.26. The molecule has 134 valence electrons. The van der Waals surface area contributed by atoms with Gasteiger partial charge in [-0.1, -0.05) is 0 Å². The SMILES string of the molecule is N[C@@H]1[C@@H](O)[C@H](O)[C@@H](CO)O[C@H]1O.OC[C@@H](O)C(O)[C@@H](O)CO. The van der Waals surface area contributed by atoms with Crippen molar-refractivity contribution >= 4 is 0 Å². The van der Waals surface area contributed by atoms with E-state index in [0.29, 0.717) is 0 Å². The third kappa shape index (κ3) is 5.98. The number of aliphatic hydroxyl groups is 9. The summed E-state index contributed by atoms with van der Waals surface area (Å²) >= 11 is 0. The highest BCUT2D eigenvalue weighted by atomic mass is 16.6. The van der Waals surface area contributed by atoms with Crippen molar-refractivity contribution in [2.45, 2.75) is 49.0 Å². The quantitative estimate of drug-likeness (QED) is 0.228. The lowest BCUT2D eigenvalue weighted by molar-refractivity contribution is -0.248. The zero-order valence-corrected chi connectivity index (χ0v) is 11.8. The van der Waals surface area contributed by atoms with Crippen molar-refractivity contribution in [1.82, 2.24) is 0 Å². The van der Waals surface area contributed by atoms with Crippen molar-refractivity contribution in [3.05, 3.63) is 0 Å². The van der Waals surface area contributed by atoms with E-state index in [4.69, 9.17) is 46.2 Å². The molecule has 0 spiro atoms. The molecule has 1 aliphatic heterocycles. The van der Waals surface area contributed by atoms with Gasteiger partial charge in [-0.25, -0.2) is 0 Å². The zero-order chi connectivity index (χ0) is 17.4. The topological polar surface area (TPSA) is 217 Å². The molecular formula is C11H25NO10. The Labute approximate surface area is 126 Å². The van der Waals surface area contributed by atoms with Gasteiger partial charge in [0.05, 0.1) is 25.9 Å². The van der Waals surface area contributed by atoms with Gasteiger partial charge in [0.1, 0.15) is 36.6 Å². The van der Waals surface area contributed by atoms with E-state index in [0.717, 1.165) is 0 Å². The van der Waals surface area contributed by atoms with Crippen LogP contribution in [-0.2, 0) is 4.74 Å². The van der Waals surface area contributed by atoms with Crippen molar-refractivity contribution in [3.8, 4) is 0 Å². The van der Waals surface area contributed by atoms with E-state index >= 15 is 0 Å². The van der Waals surface area contributed by atoms with Gasteiger partial charge in [-0.15, -0.1) is 0 Å². The summed E-state index contributed by atoms with van der Waals surface area (Å²) in [4.78, 5) is 0. The molecule has 0 aromatic carbocycles. The molecule has 22 heavy (non-hydrogen) atoms. The highest BCUT2D eigenvalue weighted by molar-refractivity contribution is 4.90. The minimum atomic E-state index is -1.49. The number of rotatable bonds is 5. The number of ether oxygens (including phenoxy) is 1. The molecule has 0 aromatic rings. The maximum atomic E-state index is 9.20. The van der Waals surface area contributed by atoms with Crippen molar-refractivity contribution in [1.29, 1.82) is 0 Å². The van der Waals surface area contributed by atoms with Crippen LogP contribution in [0.4, 0.5) is 0 Å². The fourth-order valence-electron chi connectivity index (χ4n) is 1.59. The maximum absolute atomic E-state index is 9.20. The smallest absolute Gasteiger partial charge is 0.173 e. The normalized spacial score (nSPS) is 36.0. The van der Waals surface area contributed by atoms with Gasteiger partial charge in [-0.05, 0) is 0 Å². The Hall–Kier alpha value is -0.440. The summed E-state index contributed by atoms with van der Waals surface area (Å²) in [5, 5.41) is 78.6. The molecule has 1 saturated heterocycles. The van der Waals surface area contributed by atoms with E-state index in [2.05, 4.69) is 0 Å². The number of hydrogen-bond acceptors (Lipinski definition) is 11. The lowest BCUT2D eigenvalue weighted by Crippen LogP contribution is -2.61. The van der Waals surface area contributed by atoms with Crippen LogP contribution in [0.2, 0.25) is 0 Å².